The van der Waals surface area contributed by atoms with E-state index in [4.69, 9.17) is 0 Å². The van der Waals surface area contributed by atoms with Crippen molar-refractivity contribution in [1.82, 2.24) is 14.3 Å². The van der Waals surface area contributed by atoms with Crippen LogP contribution in [0.5, 0.6) is 0 Å². The van der Waals surface area contributed by atoms with E-state index in [1.54, 1.807) is 19.0 Å². The lowest BCUT2D eigenvalue weighted by atomic mass is 10.2. The molecule has 2 rings (SSSR count). The van der Waals surface area contributed by atoms with Gasteiger partial charge in [-0.25, -0.2) is 4.98 Å². The number of likely N-dealkylation sites (N-methyl/N-ethyl adjacent to an activating group) is 1. The Kier molecular flexibility index (Phi) is 3.49. The molecule has 0 radical (unpaired) electrons. The fourth-order valence-corrected chi connectivity index (χ4v) is 2.00. The van der Waals surface area contributed by atoms with E-state index in [0.717, 1.165) is 10.6 Å². The summed E-state index contributed by atoms with van der Waals surface area (Å²) in [5.74, 6) is 0.606. The summed E-state index contributed by atoms with van der Waals surface area (Å²) in [6.07, 6.45) is 0.260. The van der Waals surface area contributed by atoms with Gasteiger partial charge < -0.3 is 4.90 Å². The molecule has 5 heteroatoms. The van der Waals surface area contributed by atoms with Gasteiger partial charge in [-0.3, -0.25) is 4.79 Å². The van der Waals surface area contributed by atoms with Gasteiger partial charge in [0.25, 0.3) is 0 Å². The molecule has 0 saturated carbocycles. The number of hydrogen-bond donors (Lipinski definition) is 0. The Morgan fingerprint density at radius 3 is 2.65 bits per heavy atom. The van der Waals surface area contributed by atoms with Gasteiger partial charge in [0.1, 0.15) is 5.01 Å². The van der Waals surface area contributed by atoms with Gasteiger partial charge >= 0.3 is 0 Å². The van der Waals surface area contributed by atoms with Crippen molar-refractivity contribution in [3.05, 3.63) is 36.2 Å². The van der Waals surface area contributed by atoms with E-state index in [9.17, 15) is 4.79 Å². The zero-order valence-corrected chi connectivity index (χ0v) is 10.6. The van der Waals surface area contributed by atoms with Crippen LogP contribution >= 0.6 is 11.5 Å². The normalized spacial score (nSPS) is 10.2. The molecule has 17 heavy (non-hydrogen) atoms. The summed E-state index contributed by atoms with van der Waals surface area (Å²) in [5, 5.41) is 0.854. The van der Waals surface area contributed by atoms with E-state index in [-0.39, 0.29) is 12.3 Å². The monoisotopic (exact) mass is 247 g/mol. The fraction of sp³-hybridized carbons (Fsp3) is 0.250. The summed E-state index contributed by atoms with van der Waals surface area (Å²) in [6, 6.07) is 9.85. The van der Waals surface area contributed by atoms with Gasteiger partial charge in [-0.05, 0) is 11.5 Å². The van der Waals surface area contributed by atoms with Crippen LogP contribution in [0.15, 0.2) is 30.3 Å². The van der Waals surface area contributed by atoms with E-state index < -0.39 is 0 Å². The number of benzene rings is 1. The highest BCUT2D eigenvalue weighted by Crippen LogP contribution is 2.20. The number of rotatable bonds is 3. The Morgan fingerprint density at radius 2 is 2.00 bits per heavy atom. The highest BCUT2D eigenvalue weighted by atomic mass is 32.1. The molecule has 0 fully saturated rings. The molecule has 0 spiro atoms. The van der Waals surface area contributed by atoms with E-state index in [0.29, 0.717) is 5.82 Å². The summed E-state index contributed by atoms with van der Waals surface area (Å²) >= 11 is 1.32. The second-order valence-corrected chi connectivity index (χ2v) is 4.60. The van der Waals surface area contributed by atoms with E-state index in [1.807, 2.05) is 30.3 Å². The van der Waals surface area contributed by atoms with Crippen molar-refractivity contribution in [3.63, 3.8) is 0 Å². The molecule has 1 amide bonds. The summed E-state index contributed by atoms with van der Waals surface area (Å²) in [6.45, 7) is 0. The Hall–Kier alpha value is -1.75. The van der Waals surface area contributed by atoms with Gasteiger partial charge in [-0.2, -0.15) is 4.37 Å². The van der Waals surface area contributed by atoms with Gasteiger partial charge in [-0.1, -0.05) is 30.3 Å². The van der Waals surface area contributed by atoms with Crippen molar-refractivity contribution < 1.29 is 4.79 Å². The maximum Gasteiger partial charge on any atom is 0.229 e. The Morgan fingerprint density at radius 1 is 1.29 bits per heavy atom. The third-order valence-corrected chi connectivity index (χ3v) is 3.10. The number of carbonyl (C=O) groups excluding carboxylic acids is 1. The molecule has 4 nitrogen and oxygen atoms in total. The lowest BCUT2D eigenvalue weighted by Crippen LogP contribution is -2.23. The second kappa shape index (κ2) is 5.05. The quantitative estimate of drug-likeness (QED) is 0.831. The Balaban J connectivity index is 2.14. The first-order valence-corrected chi connectivity index (χ1v) is 6.02. The zero-order valence-electron chi connectivity index (χ0n) is 9.75. The average Bonchev–Trinajstić information content (AvgIpc) is 2.78. The molecule has 2 aromatic rings. The van der Waals surface area contributed by atoms with Crippen molar-refractivity contribution >= 4 is 17.4 Å². The summed E-state index contributed by atoms with van der Waals surface area (Å²) < 4.78 is 4.20. The first-order valence-electron chi connectivity index (χ1n) is 5.25. The first-order chi connectivity index (χ1) is 8.16. The maximum absolute atomic E-state index is 11.5. The van der Waals surface area contributed by atoms with Crippen LogP contribution in [0, 0.1) is 0 Å². The molecule has 88 valence electrons. The van der Waals surface area contributed by atoms with Crippen LogP contribution in [0.25, 0.3) is 10.6 Å². The van der Waals surface area contributed by atoms with Crippen LogP contribution in [-0.2, 0) is 11.2 Å². The predicted octanol–water partition coefficient (Wildman–Crippen LogP) is 1.84. The van der Waals surface area contributed by atoms with Crippen LogP contribution < -0.4 is 0 Å². The van der Waals surface area contributed by atoms with Crippen LogP contribution in [0.4, 0.5) is 0 Å². The number of hydrogen-bond acceptors (Lipinski definition) is 4. The fourth-order valence-electron chi connectivity index (χ4n) is 1.32. The number of nitrogens with zero attached hydrogens (tertiary/aromatic N) is 3. The van der Waals surface area contributed by atoms with Crippen molar-refractivity contribution in [1.29, 1.82) is 0 Å². The SMILES string of the molecule is CN(C)C(=O)Cc1nsc(-c2ccccc2)n1. The Bertz CT molecular complexity index is 507. The van der Waals surface area contributed by atoms with Crippen molar-refractivity contribution in [2.75, 3.05) is 14.1 Å². The molecular weight excluding hydrogens is 234 g/mol. The smallest absolute Gasteiger partial charge is 0.229 e. The lowest BCUT2D eigenvalue weighted by Gasteiger charge is -2.07. The summed E-state index contributed by atoms with van der Waals surface area (Å²) in [7, 11) is 3.46. The standard InChI is InChI=1S/C12H13N3OS/c1-15(2)11(16)8-10-13-12(17-14-10)9-6-4-3-5-7-9/h3-7H,8H2,1-2H3. The van der Waals surface area contributed by atoms with Crippen molar-refractivity contribution in [2.45, 2.75) is 6.42 Å². The van der Waals surface area contributed by atoms with Crippen LogP contribution in [-0.4, -0.2) is 34.3 Å². The number of carbonyl (C=O) groups is 1. The molecule has 1 aromatic carbocycles. The van der Waals surface area contributed by atoms with E-state index in [2.05, 4.69) is 9.36 Å². The zero-order chi connectivity index (χ0) is 12.3. The van der Waals surface area contributed by atoms with Gasteiger partial charge in [0.15, 0.2) is 5.82 Å². The average molecular weight is 247 g/mol. The second-order valence-electron chi connectivity index (χ2n) is 3.85. The van der Waals surface area contributed by atoms with Crippen molar-refractivity contribution in [3.8, 4) is 10.6 Å². The minimum Gasteiger partial charge on any atom is -0.348 e. The molecule has 0 N–H and O–H groups in total. The minimum atomic E-state index is 0.0161. The first kappa shape index (κ1) is 11.7. The predicted molar refractivity (Wildman–Crippen MR) is 67.7 cm³/mol. The third-order valence-electron chi connectivity index (χ3n) is 2.30. The number of aromatic nitrogens is 2. The van der Waals surface area contributed by atoms with Crippen LogP contribution in [0.3, 0.4) is 0 Å². The van der Waals surface area contributed by atoms with Crippen LogP contribution in [0.1, 0.15) is 5.82 Å². The molecular formula is C12H13N3OS. The lowest BCUT2D eigenvalue weighted by molar-refractivity contribution is -0.128. The van der Waals surface area contributed by atoms with Crippen molar-refractivity contribution in [2.24, 2.45) is 0 Å². The largest absolute Gasteiger partial charge is 0.348 e. The minimum absolute atomic E-state index is 0.0161. The molecule has 0 aliphatic heterocycles. The molecule has 0 atom stereocenters. The summed E-state index contributed by atoms with van der Waals surface area (Å²) in [4.78, 5) is 17.4. The molecule has 0 saturated heterocycles. The molecule has 1 heterocycles. The number of amides is 1. The summed E-state index contributed by atoms with van der Waals surface area (Å²) in [5.41, 5.74) is 1.04. The molecule has 1 aromatic heterocycles. The van der Waals surface area contributed by atoms with Gasteiger partial charge in [0, 0.05) is 19.7 Å². The van der Waals surface area contributed by atoms with Crippen LogP contribution in [0.2, 0.25) is 0 Å². The molecule has 0 aliphatic carbocycles. The Labute approximate surface area is 104 Å². The topological polar surface area (TPSA) is 46.1 Å². The maximum atomic E-state index is 11.5. The van der Waals surface area contributed by atoms with E-state index >= 15 is 0 Å². The van der Waals surface area contributed by atoms with Gasteiger partial charge in [0.05, 0.1) is 6.42 Å². The van der Waals surface area contributed by atoms with Gasteiger partial charge in [0.2, 0.25) is 5.91 Å². The molecule has 0 aliphatic rings. The van der Waals surface area contributed by atoms with E-state index in [1.165, 1.54) is 11.5 Å². The van der Waals surface area contributed by atoms with Gasteiger partial charge in [-0.15, -0.1) is 0 Å². The third kappa shape index (κ3) is 2.88. The highest BCUT2D eigenvalue weighted by Gasteiger charge is 2.11. The molecule has 0 unspecified atom stereocenters. The highest BCUT2D eigenvalue weighted by molar-refractivity contribution is 7.09. The molecule has 0 bridgehead atoms.